The number of primary amides is 1. The van der Waals surface area contributed by atoms with Crippen LogP contribution in [0, 0.1) is 16.7 Å². The van der Waals surface area contributed by atoms with Gasteiger partial charge in [-0.2, -0.15) is 0 Å². The van der Waals surface area contributed by atoms with Gasteiger partial charge >= 0.3 is 17.9 Å². The molecule has 25 heteroatoms. The Morgan fingerprint density at radius 2 is 0.879 bits per heavy atom. The molecule has 20 N–H and O–H groups in total. The number of carboxylic acids is 3. The van der Waals surface area contributed by atoms with Gasteiger partial charge in [0, 0.05) is 32.4 Å². The van der Waals surface area contributed by atoms with Crippen molar-refractivity contribution in [3.8, 4) is 0 Å². The Labute approximate surface area is 334 Å². The summed E-state index contributed by atoms with van der Waals surface area (Å²) in [5, 5.41) is 59.2. The lowest BCUT2D eigenvalue weighted by Crippen LogP contribution is -2.59. The molecule has 0 radical (unpaired) electrons. The number of carbonyl (C=O) groups is 9. The van der Waals surface area contributed by atoms with Gasteiger partial charge in [0.2, 0.25) is 35.4 Å². The van der Waals surface area contributed by atoms with Crippen molar-refractivity contribution in [3.63, 3.8) is 0 Å². The van der Waals surface area contributed by atoms with Gasteiger partial charge in [-0.3, -0.25) is 49.2 Å². The molecular weight excluding hydrogens is 770 g/mol. The summed E-state index contributed by atoms with van der Waals surface area (Å²) in [7, 11) is 0. The summed E-state index contributed by atoms with van der Waals surface area (Å²) in [5.41, 5.74) is 21.9. The minimum atomic E-state index is -1.70. The molecule has 0 bridgehead atoms. The van der Waals surface area contributed by atoms with E-state index in [2.05, 4.69) is 37.2 Å². The van der Waals surface area contributed by atoms with Gasteiger partial charge in [0.15, 0.2) is 11.9 Å². The van der Waals surface area contributed by atoms with E-state index < -0.39 is 122 Å². The Morgan fingerprint density at radius 1 is 0.517 bits per heavy atom. The number of nitrogens with two attached hydrogens (primary N) is 4. The maximum absolute atomic E-state index is 13.7. The predicted octanol–water partition coefficient (Wildman–Crippen LogP) is -4.61. The molecule has 0 saturated carbocycles. The maximum atomic E-state index is 13.7. The number of hydrogen-bond donors (Lipinski definition) is 16. The van der Waals surface area contributed by atoms with Gasteiger partial charge < -0.3 is 75.5 Å². The normalized spacial score (nSPS) is 13.9. The van der Waals surface area contributed by atoms with Crippen LogP contribution in [0.25, 0.3) is 0 Å². The van der Waals surface area contributed by atoms with Crippen LogP contribution in [0.2, 0.25) is 0 Å². The summed E-state index contributed by atoms with van der Waals surface area (Å²) in [4.78, 5) is 113. The zero-order valence-corrected chi connectivity index (χ0v) is 32.6. The number of aliphatic carboxylic acids is 3. The summed E-state index contributed by atoms with van der Waals surface area (Å²) >= 11 is 0. The lowest BCUT2D eigenvalue weighted by atomic mass is 10.0. The minimum Gasteiger partial charge on any atom is -0.481 e. The quantitative estimate of drug-likeness (QED) is 0.0184. The Kier molecular flexibility index (Phi) is 24.4. The topological polar surface area (TPSA) is 450 Å². The number of rotatable bonds is 30. The average molecular weight is 830 g/mol. The molecule has 0 unspecified atom stereocenters. The molecule has 0 aliphatic rings. The van der Waals surface area contributed by atoms with Crippen LogP contribution in [0.4, 0.5) is 0 Å². The third kappa shape index (κ3) is 23.6. The molecule has 328 valence electrons. The van der Waals surface area contributed by atoms with Crippen molar-refractivity contribution in [1.82, 2.24) is 37.2 Å². The van der Waals surface area contributed by atoms with Gasteiger partial charge in [-0.1, -0.05) is 13.8 Å². The number of nitrogens with one attached hydrogen (secondary N) is 9. The predicted molar refractivity (Wildman–Crippen MR) is 205 cm³/mol. The van der Waals surface area contributed by atoms with E-state index in [0.29, 0.717) is 6.42 Å². The van der Waals surface area contributed by atoms with Crippen LogP contribution in [-0.2, 0) is 43.2 Å². The second-order valence-corrected chi connectivity index (χ2v) is 13.7. The SMILES string of the molecule is CC(C)C[C@H](NC(=O)[C@H](CCC(N)=O)NC(=O)[C@H](CCCNC(=N)N)NC(=O)[C@@H](N)CCCNC(=N)N)C(=O)N[C@@H](CCC(=O)O)C(=O)N[C@@H](CCC(=O)O)C(=O)O. The van der Waals surface area contributed by atoms with E-state index >= 15 is 0 Å². The first-order chi connectivity index (χ1) is 27.0. The average Bonchev–Trinajstić information content (AvgIpc) is 3.11. The van der Waals surface area contributed by atoms with Crippen LogP contribution >= 0.6 is 0 Å². The first-order valence-electron chi connectivity index (χ1n) is 18.4. The Bertz CT molecular complexity index is 1480. The molecule has 0 fully saturated rings. The zero-order valence-electron chi connectivity index (χ0n) is 32.6. The standard InChI is InChI=1S/C33H59N13O12/c1-16(2)15-22(30(56)44-20(8-11-24(48)49)28(54)45-21(31(57)58)9-12-25(50)51)46-29(55)19(7-10-23(35)47)43-27(53)18(6-4-14-41-33(38)39)42-26(52)17(34)5-3-13-40-32(36)37/h16-22H,3-15,34H2,1-2H3,(H2,35,47)(H,42,52)(H,43,53)(H,44,56)(H,45,54)(H,46,55)(H,48,49)(H,50,51)(H,57,58)(H4,36,37,40)(H4,38,39,41)/t17-,18-,19-,20-,21-,22-/m0/s1. The largest absolute Gasteiger partial charge is 0.481 e. The smallest absolute Gasteiger partial charge is 0.326 e. The van der Waals surface area contributed by atoms with Crippen molar-refractivity contribution >= 4 is 65.3 Å². The van der Waals surface area contributed by atoms with Crippen molar-refractivity contribution in [2.45, 2.75) is 121 Å². The second-order valence-electron chi connectivity index (χ2n) is 13.7. The molecule has 0 aliphatic carbocycles. The lowest BCUT2D eigenvalue weighted by Gasteiger charge is -2.28. The van der Waals surface area contributed by atoms with Crippen molar-refractivity contribution in [3.05, 3.63) is 0 Å². The van der Waals surface area contributed by atoms with Gasteiger partial charge in [-0.05, 0) is 57.3 Å². The number of guanidine groups is 2. The number of carbonyl (C=O) groups excluding carboxylic acids is 6. The van der Waals surface area contributed by atoms with Gasteiger partial charge in [0.05, 0.1) is 6.04 Å². The van der Waals surface area contributed by atoms with E-state index in [1.165, 1.54) is 0 Å². The summed E-state index contributed by atoms with van der Waals surface area (Å²) in [6.45, 7) is 3.75. The van der Waals surface area contributed by atoms with Crippen LogP contribution in [0.3, 0.4) is 0 Å². The monoisotopic (exact) mass is 829 g/mol. The van der Waals surface area contributed by atoms with Crippen molar-refractivity contribution < 1.29 is 58.5 Å². The van der Waals surface area contributed by atoms with E-state index in [1.54, 1.807) is 13.8 Å². The van der Waals surface area contributed by atoms with Crippen LogP contribution in [-0.4, -0.2) is 130 Å². The molecule has 0 aromatic heterocycles. The summed E-state index contributed by atoms with van der Waals surface area (Å²) in [5.74, 6) is -10.8. The molecule has 25 nitrogen and oxygen atoms in total. The molecule has 0 aromatic carbocycles. The fraction of sp³-hybridized carbons (Fsp3) is 0.667. The van der Waals surface area contributed by atoms with Crippen molar-refractivity contribution in [1.29, 1.82) is 10.8 Å². The first-order valence-corrected chi connectivity index (χ1v) is 18.4. The number of hydrogen-bond acceptors (Lipinski definition) is 12. The van der Waals surface area contributed by atoms with Crippen molar-refractivity contribution in [2.75, 3.05) is 13.1 Å². The Morgan fingerprint density at radius 3 is 1.29 bits per heavy atom. The molecule has 0 heterocycles. The Balaban J connectivity index is 6.33. The maximum Gasteiger partial charge on any atom is 0.326 e. The third-order valence-corrected chi connectivity index (χ3v) is 8.16. The Hall–Kier alpha value is -6.27. The highest BCUT2D eigenvalue weighted by Gasteiger charge is 2.33. The first kappa shape index (κ1) is 51.7. The van der Waals surface area contributed by atoms with E-state index in [9.17, 15) is 53.4 Å². The van der Waals surface area contributed by atoms with E-state index in [0.717, 1.165) is 0 Å². The van der Waals surface area contributed by atoms with Crippen LogP contribution < -0.4 is 60.2 Å². The van der Waals surface area contributed by atoms with Gasteiger partial charge in [-0.25, -0.2) is 4.79 Å². The molecule has 6 amide bonds. The fourth-order valence-electron chi connectivity index (χ4n) is 5.16. The summed E-state index contributed by atoms with van der Waals surface area (Å²) < 4.78 is 0. The van der Waals surface area contributed by atoms with Gasteiger partial charge in [0.25, 0.3) is 0 Å². The second kappa shape index (κ2) is 27.3. The molecule has 0 spiro atoms. The summed E-state index contributed by atoms with van der Waals surface area (Å²) in [6, 6.07) is -8.71. The molecular formula is C33H59N13O12. The highest BCUT2D eigenvalue weighted by molar-refractivity contribution is 5.96. The summed E-state index contributed by atoms with van der Waals surface area (Å²) in [6.07, 6.45) is -2.55. The van der Waals surface area contributed by atoms with Crippen LogP contribution in [0.1, 0.15) is 84.5 Å². The number of amides is 6. The van der Waals surface area contributed by atoms with Crippen LogP contribution in [0.5, 0.6) is 0 Å². The van der Waals surface area contributed by atoms with Crippen molar-refractivity contribution in [2.24, 2.45) is 28.9 Å². The molecule has 0 rings (SSSR count). The molecule has 0 saturated heterocycles. The zero-order chi connectivity index (χ0) is 44.5. The van der Waals surface area contributed by atoms with Gasteiger partial charge in [0.1, 0.15) is 30.2 Å². The number of carboxylic acid groups (broad SMARTS) is 3. The van der Waals surface area contributed by atoms with E-state index in [-0.39, 0.29) is 63.0 Å². The molecule has 0 aliphatic heterocycles. The molecule has 6 atom stereocenters. The molecule has 0 aromatic rings. The van der Waals surface area contributed by atoms with E-state index in [4.69, 9.17) is 38.9 Å². The van der Waals surface area contributed by atoms with Gasteiger partial charge in [-0.15, -0.1) is 0 Å². The highest BCUT2D eigenvalue weighted by atomic mass is 16.4. The third-order valence-electron chi connectivity index (χ3n) is 8.16. The molecule has 58 heavy (non-hydrogen) atoms. The minimum absolute atomic E-state index is 0.0438. The van der Waals surface area contributed by atoms with Crippen LogP contribution in [0.15, 0.2) is 0 Å². The highest BCUT2D eigenvalue weighted by Crippen LogP contribution is 2.10. The lowest BCUT2D eigenvalue weighted by molar-refractivity contribution is -0.144. The van der Waals surface area contributed by atoms with E-state index in [1.807, 2.05) is 0 Å². The fourth-order valence-corrected chi connectivity index (χ4v) is 5.16.